The molecule has 2 rings (SSSR count). The zero-order valence-corrected chi connectivity index (χ0v) is 10.3. The average molecular weight is 248 g/mol. The monoisotopic (exact) mass is 248 g/mol. The molecule has 0 fully saturated rings. The molecule has 5 heteroatoms. The van der Waals surface area contributed by atoms with Crippen LogP contribution in [0.3, 0.4) is 0 Å². The van der Waals surface area contributed by atoms with E-state index in [9.17, 15) is 9.59 Å². The third-order valence-corrected chi connectivity index (χ3v) is 2.73. The van der Waals surface area contributed by atoms with E-state index in [1.54, 1.807) is 0 Å². The van der Waals surface area contributed by atoms with Crippen LogP contribution in [0.1, 0.15) is 20.7 Å². The molecule has 0 aromatic heterocycles. The lowest BCUT2D eigenvalue weighted by atomic mass is 9.92. The summed E-state index contributed by atoms with van der Waals surface area (Å²) in [5, 5.41) is 0. The van der Waals surface area contributed by atoms with Gasteiger partial charge in [-0.15, -0.1) is 0 Å². The third-order valence-electron chi connectivity index (χ3n) is 2.73. The molecule has 1 aromatic carbocycles. The van der Waals surface area contributed by atoms with Gasteiger partial charge in [-0.3, -0.25) is 9.59 Å². The van der Waals surface area contributed by atoms with Gasteiger partial charge in [0.05, 0.1) is 32.5 Å². The van der Waals surface area contributed by atoms with E-state index in [1.165, 1.54) is 39.5 Å². The Hall–Kier alpha value is -2.30. The van der Waals surface area contributed by atoms with E-state index in [1.807, 2.05) is 0 Å². The van der Waals surface area contributed by atoms with Crippen molar-refractivity contribution in [1.82, 2.24) is 0 Å². The van der Waals surface area contributed by atoms with Crippen LogP contribution in [0.5, 0.6) is 17.2 Å². The Morgan fingerprint density at radius 1 is 0.778 bits per heavy atom. The SMILES string of the molecule is COc1cc(OC)c2c(c1OC)C(=O)C=CC2=O. The molecule has 0 saturated carbocycles. The van der Waals surface area contributed by atoms with Crippen molar-refractivity contribution in [2.45, 2.75) is 0 Å². The number of rotatable bonds is 3. The van der Waals surface area contributed by atoms with Gasteiger partial charge in [-0.2, -0.15) is 0 Å². The Morgan fingerprint density at radius 3 is 1.83 bits per heavy atom. The van der Waals surface area contributed by atoms with Gasteiger partial charge in [-0.05, 0) is 12.2 Å². The van der Waals surface area contributed by atoms with Crippen molar-refractivity contribution in [3.05, 3.63) is 29.3 Å². The van der Waals surface area contributed by atoms with Crippen molar-refractivity contribution in [1.29, 1.82) is 0 Å². The molecule has 94 valence electrons. The van der Waals surface area contributed by atoms with Crippen LogP contribution in [-0.2, 0) is 0 Å². The molecule has 0 heterocycles. The summed E-state index contributed by atoms with van der Waals surface area (Å²) in [7, 11) is 4.30. The van der Waals surface area contributed by atoms with E-state index in [0.29, 0.717) is 11.5 Å². The number of allylic oxidation sites excluding steroid dienone is 2. The van der Waals surface area contributed by atoms with Crippen LogP contribution in [0.4, 0.5) is 0 Å². The maximum absolute atomic E-state index is 11.9. The van der Waals surface area contributed by atoms with Crippen LogP contribution in [0, 0.1) is 0 Å². The lowest BCUT2D eigenvalue weighted by Crippen LogP contribution is -2.15. The fraction of sp³-hybridized carbons (Fsp3) is 0.231. The molecule has 0 N–H and O–H groups in total. The maximum atomic E-state index is 11.9. The van der Waals surface area contributed by atoms with E-state index in [-0.39, 0.29) is 28.4 Å². The lowest BCUT2D eigenvalue weighted by molar-refractivity contribution is 0.0988. The molecular weight excluding hydrogens is 236 g/mol. The van der Waals surface area contributed by atoms with Gasteiger partial charge in [0.25, 0.3) is 0 Å². The molecule has 0 aliphatic heterocycles. The highest BCUT2D eigenvalue weighted by atomic mass is 16.5. The molecule has 0 unspecified atom stereocenters. The number of fused-ring (bicyclic) bond motifs is 1. The summed E-state index contributed by atoms with van der Waals surface area (Å²) in [4.78, 5) is 23.8. The molecule has 0 spiro atoms. The summed E-state index contributed by atoms with van der Waals surface area (Å²) >= 11 is 0. The van der Waals surface area contributed by atoms with Gasteiger partial charge in [-0.1, -0.05) is 0 Å². The van der Waals surface area contributed by atoms with E-state index >= 15 is 0 Å². The summed E-state index contributed by atoms with van der Waals surface area (Å²) in [5.74, 6) is 0.298. The summed E-state index contributed by atoms with van der Waals surface area (Å²) in [6.07, 6.45) is 2.44. The number of methoxy groups -OCH3 is 3. The van der Waals surface area contributed by atoms with E-state index < -0.39 is 0 Å². The van der Waals surface area contributed by atoms with Gasteiger partial charge in [0.15, 0.2) is 23.1 Å². The molecule has 5 nitrogen and oxygen atoms in total. The summed E-state index contributed by atoms with van der Waals surface area (Å²) < 4.78 is 15.4. The predicted molar refractivity (Wildman–Crippen MR) is 63.9 cm³/mol. The second-order valence-electron chi connectivity index (χ2n) is 3.63. The average Bonchev–Trinajstić information content (AvgIpc) is 2.40. The Morgan fingerprint density at radius 2 is 1.33 bits per heavy atom. The van der Waals surface area contributed by atoms with E-state index in [0.717, 1.165) is 0 Å². The molecule has 1 aliphatic rings. The Labute approximate surface area is 104 Å². The number of benzene rings is 1. The first-order valence-corrected chi connectivity index (χ1v) is 5.23. The Kier molecular flexibility index (Phi) is 3.06. The van der Waals surface area contributed by atoms with Crippen molar-refractivity contribution in [2.24, 2.45) is 0 Å². The molecule has 0 radical (unpaired) electrons. The highest BCUT2D eigenvalue weighted by molar-refractivity contribution is 6.24. The van der Waals surface area contributed by atoms with Crippen LogP contribution in [0.25, 0.3) is 0 Å². The van der Waals surface area contributed by atoms with Crippen molar-refractivity contribution < 1.29 is 23.8 Å². The first-order chi connectivity index (χ1) is 8.63. The van der Waals surface area contributed by atoms with Crippen LogP contribution < -0.4 is 14.2 Å². The van der Waals surface area contributed by atoms with E-state index in [4.69, 9.17) is 14.2 Å². The van der Waals surface area contributed by atoms with Crippen LogP contribution >= 0.6 is 0 Å². The lowest BCUT2D eigenvalue weighted by Gasteiger charge is -2.18. The minimum absolute atomic E-state index is 0.182. The topological polar surface area (TPSA) is 61.8 Å². The highest BCUT2D eigenvalue weighted by Crippen LogP contribution is 2.41. The smallest absolute Gasteiger partial charge is 0.190 e. The third kappa shape index (κ3) is 1.64. The van der Waals surface area contributed by atoms with Crippen LogP contribution in [0.15, 0.2) is 18.2 Å². The normalized spacial score (nSPS) is 13.3. The molecule has 0 amide bonds. The van der Waals surface area contributed by atoms with Crippen LogP contribution in [-0.4, -0.2) is 32.9 Å². The van der Waals surface area contributed by atoms with Gasteiger partial charge in [0.2, 0.25) is 0 Å². The zero-order valence-electron chi connectivity index (χ0n) is 10.3. The first kappa shape index (κ1) is 12.2. The van der Waals surface area contributed by atoms with E-state index in [2.05, 4.69) is 0 Å². The number of hydrogen-bond acceptors (Lipinski definition) is 5. The minimum atomic E-state index is -0.307. The van der Waals surface area contributed by atoms with Crippen LogP contribution in [0.2, 0.25) is 0 Å². The summed E-state index contributed by atoms with van der Waals surface area (Å²) in [5.41, 5.74) is 0.392. The molecule has 0 bridgehead atoms. The second kappa shape index (κ2) is 4.52. The maximum Gasteiger partial charge on any atom is 0.190 e. The molecule has 1 aliphatic carbocycles. The molecule has 0 atom stereocenters. The standard InChI is InChI=1S/C13H12O5/c1-16-9-6-10(17-2)13(18-3)12-8(15)5-4-7(14)11(9)12/h4-6H,1-3H3. The van der Waals surface area contributed by atoms with Gasteiger partial charge >= 0.3 is 0 Å². The largest absolute Gasteiger partial charge is 0.496 e. The zero-order chi connectivity index (χ0) is 13.3. The first-order valence-electron chi connectivity index (χ1n) is 5.23. The number of carbonyl (C=O) groups is 2. The number of ether oxygens (including phenoxy) is 3. The molecule has 1 aromatic rings. The summed E-state index contributed by atoms with van der Waals surface area (Å²) in [6.45, 7) is 0. The number of carbonyl (C=O) groups excluding carboxylic acids is 2. The quantitative estimate of drug-likeness (QED) is 0.813. The van der Waals surface area contributed by atoms with Gasteiger partial charge in [0.1, 0.15) is 5.75 Å². The minimum Gasteiger partial charge on any atom is -0.496 e. The van der Waals surface area contributed by atoms with Crippen molar-refractivity contribution in [2.75, 3.05) is 21.3 Å². The van der Waals surface area contributed by atoms with Gasteiger partial charge in [0, 0.05) is 6.07 Å². The van der Waals surface area contributed by atoms with Gasteiger partial charge in [-0.25, -0.2) is 0 Å². The predicted octanol–water partition coefficient (Wildman–Crippen LogP) is 1.65. The second-order valence-corrected chi connectivity index (χ2v) is 3.63. The Balaban J connectivity index is 2.83. The fourth-order valence-electron chi connectivity index (χ4n) is 1.93. The van der Waals surface area contributed by atoms with Gasteiger partial charge < -0.3 is 14.2 Å². The molecule has 0 saturated heterocycles. The molecular formula is C13H12O5. The number of hydrogen-bond donors (Lipinski definition) is 0. The highest BCUT2D eigenvalue weighted by Gasteiger charge is 2.30. The van der Waals surface area contributed by atoms with Crippen molar-refractivity contribution >= 4 is 11.6 Å². The Bertz CT molecular complexity index is 557. The summed E-state index contributed by atoms with van der Waals surface area (Å²) in [6, 6.07) is 1.53. The number of ketones is 2. The van der Waals surface area contributed by atoms with Crippen molar-refractivity contribution in [3.63, 3.8) is 0 Å². The van der Waals surface area contributed by atoms with Crippen molar-refractivity contribution in [3.8, 4) is 17.2 Å². The molecule has 18 heavy (non-hydrogen) atoms. The fourth-order valence-corrected chi connectivity index (χ4v) is 1.93.